The van der Waals surface area contributed by atoms with Crippen molar-refractivity contribution in [3.63, 3.8) is 0 Å². The zero-order valence-electron chi connectivity index (χ0n) is 17.1. The van der Waals surface area contributed by atoms with Gasteiger partial charge in [-0.25, -0.2) is 9.07 Å². The summed E-state index contributed by atoms with van der Waals surface area (Å²) in [6, 6.07) is 11.9. The van der Waals surface area contributed by atoms with Crippen LogP contribution in [0.4, 0.5) is 18.9 Å². The molecule has 31 heavy (non-hydrogen) atoms. The van der Waals surface area contributed by atoms with Crippen LogP contribution in [0.3, 0.4) is 0 Å². The fraction of sp³-hybridized carbons (Fsp3) is 0.391. The molecule has 1 N–H and O–H groups in total. The second-order valence-electron chi connectivity index (χ2n) is 8.55. The minimum Gasteiger partial charge on any atom is -0.366 e. The first-order valence-electron chi connectivity index (χ1n) is 10.5. The number of hydrogen-bond donors (Lipinski definition) is 1. The first-order valence-corrected chi connectivity index (χ1v) is 10.5. The van der Waals surface area contributed by atoms with Gasteiger partial charge < -0.3 is 10.2 Å². The molecule has 3 aromatic rings. The molecule has 1 amide bonds. The molecule has 8 heteroatoms. The number of aromatic nitrogens is 2. The molecule has 0 unspecified atom stereocenters. The van der Waals surface area contributed by atoms with Crippen LogP contribution in [0.15, 0.2) is 48.7 Å². The summed E-state index contributed by atoms with van der Waals surface area (Å²) in [6.07, 6.45) is 4.48. The number of rotatable bonds is 5. The lowest BCUT2D eigenvalue weighted by molar-refractivity contribution is -0.143. The minimum absolute atomic E-state index is 0.0101. The van der Waals surface area contributed by atoms with Gasteiger partial charge in [0.15, 0.2) is 0 Å². The van der Waals surface area contributed by atoms with Crippen molar-refractivity contribution in [1.82, 2.24) is 15.1 Å². The molecule has 1 saturated carbocycles. The van der Waals surface area contributed by atoms with E-state index in [0.29, 0.717) is 25.8 Å². The zero-order chi connectivity index (χ0) is 21.8. The molecule has 1 aliphatic carbocycles. The van der Waals surface area contributed by atoms with Crippen LogP contribution in [0.2, 0.25) is 0 Å². The Morgan fingerprint density at radius 2 is 1.81 bits per heavy atom. The van der Waals surface area contributed by atoms with E-state index < -0.39 is 11.8 Å². The normalized spacial score (nSPS) is 21.6. The van der Waals surface area contributed by atoms with Gasteiger partial charge in [-0.2, -0.15) is 13.9 Å². The fourth-order valence-corrected chi connectivity index (χ4v) is 4.58. The molecule has 0 spiro atoms. The quantitative estimate of drug-likeness (QED) is 0.660. The summed E-state index contributed by atoms with van der Waals surface area (Å²) in [5.74, 6) is -4.49. The zero-order valence-corrected chi connectivity index (χ0v) is 17.1. The maximum atomic E-state index is 13.4. The van der Waals surface area contributed by atoms with Gasteiger partial charge in [-0.1, -0.05) is 0 Å². The van der Waals surface area contributed by atoms with Crippen molar-refractivity contribution < 1.29 is 18.0 Å². The molecular weight excluding hydrogens is 405 g/mol. The summed E-state index contributed by atoms with van der Waals surface area (Å²) in [7, 11) is 0. The number of benzene rings is 2. The van der Waals surface area contributed by atoms with E-state index >= 15 is 0 Å². The molecule has 2 heterocycles. The average Bonchev–Trinajstić information content (AvgIpc) is 3.35. The number of fused-ring (bicyclic) bond motifs is 1. The average molecular weight is 428 g/mol. The van der Waals surface area contributed by atoms with Crippen LogP contribution in [0, 0.1) is 11.7 Å². The fourth-order valence-electron chi connectivity index (χ4n) is 4.58. The Morgan fingerprint density at radius 1 is 1.10 bits per heavy atom. The highest BCUT2D eigenvalue weighted by atomic mass is 19.3. The molecule has 0 bridgehead atoms. The molecule has 2 aliphatic rings. The van der Waals surface area contributed by atoms with Gasteiger partial charge in [0, 0.05) is 24.5 Å². The Kier molecular flexibility index (Phi) is 4.68. The third kappa shape index (κ3) is 3.75. The largest absolute Gasteiger partial charge is 0.366 e. The van der Waals surface area contributed by atoms with E-state index in [1.54, 1.807) is 23.0 Å². The molecule has 2 atom stereocenters. The molecule has 1 aliphatic heterocycles. The van der Waals surface area contributed by atoms with Crippen molar-refractivity contribution in [2.75, 3.05) is 11.4 Å². The van der Waals surface area contributed by atoms with Gasteiger partial charge in [0.2, 0.25) is 0 Å². The monoisotopic (exact) mass is 428 g/mol. The highest BCUT2D eigenvalue weighted by molar-refractivity contribution is 5.85. The molecule has 0 radical (unpaired) electrons. The summed E-state index contributed by atoms with van der Waals surface area (Å²) in [4.78, 5) is 14.1. The van der Waals surface area contributed by atoms with E-state index in [2.05, 4.69) is 15.3 Å². The van der Waals surface area contributed by atoms with E-state index in [9.17, 15) is 18.0 Å². The highest BCUT2D eigenvalue weighted by Gasteiger charge is 2.46. The minimum atomic E-state index is -3.38. The van der Waals surface area contributed by atoms with Crippen molar-refractivity contribution in [1.29, 1.82) is 0 Å². The number of amides is 1. The standard InChI is InChI=1S/C23H23F3N4O/c1-23(25,26)22(31)28-19-10-11-29(21(19)14-2-3-14)18-8-9-20-15(12-18)13-27-30(20)17-6-4-16(24)5-7-17/h4-9,12-14,19,21H,2-3,10-11H2,1H3,(H,28,31)/t19-,21+/m1/s1. The van der Waals surface area contributed by atoms with Crippen LogP contribution in [-0.4, -0.2) is 40.2 Å². The Hall–Kier alpha value is -3.03. The van der Waals surface area contributed by atoms with Gasteiger partial charge in [-0.15, -0.1) is 0 Å². The van der Waals surface area contributed by atoms with E-state index in [1.807, 2.05) is 18.2 Å². The van der Waals surface area contributed by atoms with Gasteiger partial charge in [0.25, 0.3) is 5.91 Å². The molecular formula is C23H23F3N4O. The summed E-state index contributed by atoms with van der Waals surface area (Å²) in [5, 5.41) is 7.96. The number of nitrogens with one attached hydrogen (secondary N) is 1. The van der Waals surface area contributed by atoms with E-state index in [1.165, 1.54) is 12.1 Å². The van der Waals surface area contributed by atoms with Crippen molar-refractivity contribution in [3.8, 4) is 5.69 Å². The molecule has 162 valence electrons. The van der Waals surface area contributed by atoms with Crippen LogP contribution in [0.5, 0.6) is 0 Å². The number of nitrogens with zero attached hydrogens (tertiary/aromatic N) is 3. The number of anilines is 1. The highest BCUT2D eigenvalue weighted by Crippen LogP contribution is 2.42. The number of hydrogen-bond acceptors (Lipinski definition) is 3. The molecule has 1 aromatic heterocycles. The van der Waals surface area contributed by atoms with Crippen molar-refractivity contribution >= 4 is 22.5 Å². The predicted octanol–water partition coefficient (Wildman–Crippen LogP) is 4.29. The van der Waals surface area contributed by atoms with Gasteiger partial charge in [0.05, 0.1) is 29.5 Å². The van der Waals surface area contributed by atoms with E-state index in [4.69, 9.17) is 0 Å². The number of alkyl halides is 2. The van der Waals surface area contributed by atoms with Gasteiger partial charge >= 0.3 is 5.92 Å². The summed E-state index contributed by atoms with van der Waals surface area (Å²) < 4.78 is 41.8. The van der Waals surface area contributed by atoms with Gasteiger partial charge in [-0.05, 0) is 67.6 Å². The van der Waals surface area contributed by atoms with Crippen LogP contribution in [-0.2, 0) is 4.79 Å². The maximum absolute atomic E-state index is 13.4. The second kappa shape index (κ2) is 7.28. The summed E-state index contributed by atoms with van der Waals surface area (Å²) >= 11 is 0. The Balaban J connectivity index is 1.42. The first kappa shape index (κ1) is 19.9. The molecule has 5 nitrogen and oxygen atoms in total. The lowest BCUT2D eigenvalue weighted by Gasteiger charge is -2.31. The van der Waals surface area contributed by atoms with E-state index in [-0.39, 0.29) is 17.9 Å². The van der Waals surface area contributed by atoms with Crippen LogP contribution >= 0.6 is 0 Å². The SMILES string of the molecule is CC(F)(F)C(=O)N[C@@H]1CCN(c2ccc3c(cnn3-c3ccc(F)cc3)c2)[C@H]1C1CC1. The van der Waals surface area contributed by atoms with Crippen LogP contribution in [0.1, 0.15) is 26.2 Å². The van der Waals surface area contributed by atoms with Crippen molar-refractivity contribution in [3.05, 3.63) is 54.5 Å². The first-order chi connectivity index (χ1) is 14.8. The third-order valence-electron chi connectivity index (χ3n) is 6.23. The molecule has 2 aromatic carbocycles. The number of carbonyl (C=O) groups is 1. The lowest BCUT2D eigenvalue weighted by Crippen LogP contribution is -2.50. The van der Waals surface area contributed by atoms with Crippen molar-refractivity contribution in [2.24, 2.45) is 5.92 Å². The van der Waals surface area contributed by atoms with Crippen molar-refractivity contribution in [2.45, 2.75) is 44.2 Å². The lowest BCUT2D eigenvalue weighted by atomic mass is 10.0. The summed E-state index contributed by atoms with van der Waals surface area (Å²) in [6.45, 7) is 1.33. The van der Waals surface area contributed by atoms with Crippen LogP contribution in [0.25, 0.3) is 16.6 Å². The Morgan fingerprint density at radius 3 is 2.48 bits per heavy atom. The predicted molar refractivity (Wildman–Crippen MR) is 112 cm³/mol. The number of carbonyl (C=O) groups excluding carboxylic acids is 1. The second-order valence-corrected chi connectivity index (χ2v) is 8.55. The van der Waals surface area contributed by atoms with Gasteiger partial charge in [0.1, 0.15) is 5.82 Å². The van der Waals surface area contributed by atoms with Crippen LogP contribution < -0.4 is 10.2 Å². The number of halogens is 3. The van der Waals surface area contributed by atoms with E-state index in [0.717, 1.165) is 35.1 Å². The Bertz CT molecular complexity index is 1120. The smallest absolute Gasteiger partial charge is 0.321 e. The summed E-state index contributed by atoms with van der Waals surface area (Å²) in [5.41, 5.74) is 2.65. The topological polar surface area (TPSA) is 50.2 Å². The molecule has 1 saturated heterocycles. The third-order valence-corrected chi connectivity index (χ3v) is 6.23. The Labute approximate surface area is 177 Å². The van der Waals surface area contributed by atoms with Gasteiger partial charge in [-0.3, -0.25) is 4.79 Å². The molecule has 2 fully saturated rings. The maximum Gasteiger partial charge on any atom is 0.321 e. The molecule has 5 rings (SSSR count).